The van der Waals surface area contributed by atoms with Gasteiger partial charge in [0.15, 0.2) is 0 Å². The standard InChI is InChI=1S/C16H30N2O/c1-2-16(19)18-15-9-5-13(6-10-15)11-12-3-7-14(17)8-4-12/h12-15H,2-11,17H2,1H3,(H,18,19). The van der Waals surface area contributed by atoms with Crippen molar-refractivity contribution in [2.24, 2.45) is 17.6 Å². The summed E-state index contributed by atoms with van der Waals surface area (Å²) in [6, 6.07) is 0.916. The molecule has 2 aliphatic carbocycles. The van der Waals surface area contributed by atoms with Crippen molar-refractivity contribution in [3.05, 3.63) is 0 Å². The minimum absolute atomic E-state index is 0.213. The molecular formula is C16H30N2O. The zero-order valence-corrected chi connectivity index (χ0v) is 12.4. The third kappa shape index (κ3) is 4.79. The summed E-state index contributed by atoms with van der Waals surface area (Å²) in [6.45, 7) is 1.93. The SMILES string of the molecule is CCC(=O)NC1CCC(CC2CCC(N)CC2)CC1. The summed E-state index contributed by atoms with van der Waals surface area (Å²) < 4.78 is 0. The molecule has 110 valence electrons. The number of nitrogens with one attached hydrogen (secondary N) is 1. The topological polar surface area (TPSA) is 55.1 Å². The van der Waals surface area contributed by atoms with Crippen molar-refractivity contribution < 1.29 is 4.79 Å². The number of carbonyl (C=O) groups is 1. The summed E-state index contributed by atoms with van der Waals surface area (Å²) in [6.07, 6.45) is 12.1. The Morgan fingerprint density at radius 3 is 2.05 bits per heavy atom. The molecule has 0 saturated heterocycles. The van der Waals surface area contributed by atoms with Crippen LogP contribution in [0.5, 0.6) is 0 Å². The van der Waals surface area contributed by atoms with E-state index in [-0.39, 0.29) is 5.91 Å². The van der Waals surface area contributed by atoms with Crippen LogP contribution in [0.3, 0.4) is 0 Å². The van der Waals surface area contributed by atoms with Crippen molar-refractivity contribution >= 4 is 5.91 Å². The first-order chi connectivity index (χ1) is 9.17. The van der Waals surface area contributed by atoms with E-state index >= 15 is 0 Å². The normalized spacial score (nSPS) is 35.9. The van der Waals surface area contributed by atoms with Gasteiger partial charge in [-0.3, -0.25) is 4.79 Å². The van der Waals surface area contributed by atoms with E-state index in [9.17, 15) is 4.79 Å². The predicted molar refractivity (Wildman–Crippen MR) is 78.7 cm³/mol. The highest BCUT2D eigenvalue weighted by Gasteiger charge is 2.26. The Morgan fingerprint density at radius 1 is 1.00 bits per heavy atom. The molecule has 0 aromatic rings. The van der Waals surface area contributed by atoms with E-state index in [1.54, 1.807) is 0 Å². The molecule has 0 aromatic carbocycles. The van der Waals surface area contributed by atoms with Gasteiger partial charge in [-0.1, -0.05) is 6.92 Å². The van der Waals surface area contributed by atoms with Crippen molar-refractivity contribution in [2.45, 2.75) is 83.2 Å². The molecule has 3 N–H and O–H groups in total. The van der Waals surface area contributed by atoms with E-state index in [1.807, 2.05) is 6.92 Å². The second-order valence-electron chi connectivity index (χ2n) is 6.66. The number of amides is 1. The largest absolute Gasteiger partial charge is 0.353 e. The minimum atomic E-state index is 0.213. The fourth-order valence-corrected chi connectivity index (χ4v) is 3.77. The molecule has 0 aliphatic heterocycles. The van der Waals surface area contributed by atoms with E-state index in [0.29, 0.717) is 18.5 Å². The summed E-state index contributed by atoms with van der Waals surface area (Å²) >= 11 is 0. The number of hydrogen-bond acceptors (Lipinski definition) is 2. The number of hydrogen-bond donors (Lipinski definition) is 2. The van der Waals surface area contributed by atoms with Crippen LogP contribution in [0.25, 0.3) is 0 Å². The van der Waals surface area contributed by atoms with Crippen LogP contribution in [-0.4, -0.2) is 18.0 Å². The molecule has 2 aliphatic rings. The fourth-order valence-electron chi connectivity index (χ4n) is 3.77. The van der Waals surface area contributed by atoms with Gasteiger partial charge in [0.25, 0.3) is 0 Å². The van der Waals surface area contributed by atoms with Crippen molar-refractivity contribution in [3.63, 3.8) is 0 Å². The first kappa shape index (κ1) is 14.8. The maximum absolute atomic E-state index is 11.4. The minimum Gasteiger partial charge on any atom is -0.353 e. The molecule has 0 atom stereocenters. The molecule has 2 rings (SSSR count). The lowest BCUT2D eigenvalue weighted by Crippen LogP contribution is -2.37. The lowest BCUT2D eigenvalue weighted by molar-refractivity contribution is -0.121. The Hall–Kier alpha value is -0.570. The van der Waals surface area contributed by atoms with Gasteiger partial charge in [0.05, 0.1) is 0 Å². The van der Waals surface area contributed by atoms with Gasteiger partial charge in [-0.2, -0.15) is 0 Å². The molecule has 0 spiro atoms. The molecule has 0 bridgehead atoms. The Morgan fingerprint density at radius 2 is 1.53 bits per heavy atom. The third-order valence-corrected chi connectivity index (χ3v) is 5.09. The number of rotatable bonds is 4. The molecule has 0 radical (unpaired) electrons. The number of nitrogens with two attached hydrogens (primary N) is 1. The smallest absolute Gasteiger partial charge is 0.219 e. The van der Waals surface area contributed by atoms with Gasteiger partial charge in [-0.15, -0.1) is 0 Å². The zero-order chi connectivity index (χ0) is 13.7. The Bertz CT molecular complexity index is 276. The predicted octanol–water partition coefficient (Wildman–Crippen LogP) is 2.98. The maximum Gasteiger partial charge on any atom is 0.219 e. The Labute approximate surface area is 117 Å². The van der Waals surface area contributed by atoms with Gasteiger partial charge >= 0.3 is 0 Å². The zero-order valence-electron chi connectivity index (χ0n) is 12.4. The van der Waals surface area contributed by atoms with E-state index < -0.39 is 0 Å². The van der Waals surface area contributed by atoms with Gasteiger partial charge in [0.2, 0.25) is 5.91 Å². The van der Waals surface area contributed by atoms with Crippen molar-refractivity contribution in [1.29, 1.82) is 0 Å². The molecule has 0 heterocycles. The van der Waals surface area contributed by atoms with Crippen LogP contribution in [0.1, 0.15) is 71.1 Å². The monoisotopic (exact) mass is 266 g/mol. The van der Waals surface area contributed by atoms with Crippen LogP contribution in [0.15, 0.2) is 0 Å². The molecule has 0 aromatic heterocycles. The summed E-state index contributed by atoms with van der Waals surface area (Å²) in [5.41, 5.74) is 5.97. The van der Waals surface area contributed by atoms with Gasteiger partial charge < -0.3 is 11.1 Å². The fraction of sp³-hybridized carbons (Fsp3) is 0.938. The van der Waals surface area contributed by atoms with Crippen molar-refractivity contribution in [1.82, 2.24) is 5.32 Å². The Balaban J connectivity index is 1.64. The van der Waals surface area contributed by atoms with Crippen LogP contribution in [0, 0.1) is 11.8 Å². The molecule has 1 amide bonds. The second kappa shape index (κ2) is 7.28. The van der Waals surface area contributed by atoms with Gasteiger partial charge in [0, 0.05) is 18.5 Å². The van der Waals surface area contributed by atoms with E-state index in [1.165, 1.54) is 57.8 Å². The van der Waals surface area contributed by atoms with E-state index in [2.05, 4.69) is 5.32 Å². The quantitative estimate of drug-likeness (QED) is 0.822. The average molecular weight is 266 g/mol. The molecule has 0 unspecified atom stereocenters. The second-order valence-corrected chi connectivity index (χ2v) is 6.66. The van der Waals surface area contributed by atoms with Crippen LogP contribution < -0.4 is 11.1 Å². The summed E-state index contributed by atoms with van der Waals surface area (Å²) in [7, 11) is 0. The van der Waals surface area contributed by atoms with Gasteiger partial charge in [-0.05, 0) is 69.6 Å². The molecule has 2 saturated carbocycles. The average Bonchev–Trinajstić information content (AvgIpc) is 2.43. The Kier molecular flexibility index (Phi) is 5.68. The highest BCUT2D eigenvalue weighted by atomic mass is 16.1. The summed E-state index contributed by atoms with van der Waals surface area (Å²) in [5, 5.41) is 3.14. The van der Waals surface area contributed by atoms with Crippen LogP contribution >= 0.6 is 0 Å². The molecule has 3 nitrogen and oxygen atoms in total. The highest BCUT2D eigenvalue weighted by Crippen LogP contribution is 2.35. The van der Waals surface area contributed by atoms with Crippen molar-refractivity contribution in [3.8, 4) is 0 Å². The number of carbonyl (C=O) groups excluding carboxylic acids is 1. The van der Waals surface area contributed by atoms with Gasteiger partial charge in [-0.25, -0.2) is 0 Å². The van der Waals surface area contributed by atoms with Gasteiger partial charge in [0.1, 0.15) is 0 Å². The molecule has 2 fully saturated rings. The van der Waals surface area contributed by atoms with E-state index in [0.717, 1.165) is 11.8 Å². The van der Waals surface area contributed by atoms with Crippen LogP contribution in [0.4, 0.5) is 0 Å². The molecular weight excluding hydrogens is 236 g/mol. The first-order valence-corrected chi connectivity index (χ1v) is 8.22. The molecule has 3 heteroatoms. The maximum atomic E-state index is 11.4. The lowest BCUT2D eigenvalue weighted by Gasteiger charge is -2.33. The van der Waals surface area contributed by atoms with E-state index in [4.69, 9.17) is 5.73 Å². The molecule has 19 heavy (non-hydrogen) atoms. The van der Waals surface area contributed by atoms with Crippen LogP contribution in [0.2, 0.25) is 0 Å². The third-order valence-electron chi connectivity index (χ3n) is 5.09. The first-order valence-electron chi connectivity index (χ1n) is 8.22. The summed E-state index contributed by atoms with van der Waals surface area (Å²) in [4.78, 5) is 11.4. The van der Waals surface area contributed by atoms with Crippen molar-refractivity contribution in [2.75, 3.05) is 0 Å². The highest BCUT2D eigenvalue weighted by molar-refractivity contribution is 5.75. The van der Waals surface area contributed by atoms with Crippen LogP contribution in [-0.2, 0) is 4.79 Å². The summed E-state index contributed by atoms with van der Waals surface area (Å²) in [5.74, 6) is 2.03. The lowest BCUT2D eigenvalue weighted by atomic mass is 9.76.